The number of sulfonamides is 1. The van der Waals surface area contributed by atoms with Crippen LogP contribution in [0.5, 0.6) is 0 Å². The second kappa shape index (κ2) is 7.41. The first-order valence-corrected chi connectivity index (χ1v) is 10.5. The molecule has 1 aliphatic rings. The van der Waals surface area contributed by atoms with Gasteiger partial charge in [0, 0.05) is 19.3 Å². The first-order valence-electron chi connectivity index (χ1n) is 9.06. The maximum atomic E-state index is 13.7. The molecule has 9 heteroatoms. The lowest BCUT2D eigenvalue weighted by Crippen LogP contribution is -2.32. The number of aromatic nitrogens is 2. The molecular formula is C20H19FN4O3S. The summed E-state index contributed by atoms with van der Waals surface area (Å²) in [5, 5.41) is 0. The van der Waals surface area contributed by atoms with Crippen LogP contribution in [0.1, 0.15) is 12.5 Å². The van der Waals surface area contributed by atoms with Gasteiger partial charge in [-0.05, 0) is 29.7 Å². The Bertz CT molecular complexity index is 1190. The summed E-state index contributed by atoms with van der Waals surface area (Å²) in [5.41, 5.74) is 6.53. The highest BCUT2D eigenvalue weighted by Gasteiger charge is 2.34. The normalized spacial score (nSPS) is 17.5. The van der Waals surface area contributed by atoms with Gasteiger partial charge in [-0.25, -0.2) is 17.6 Å². The fraction of sp³-hybridized carbons (Fsp3) is 0.200. The Morgan fingerprint density at radius 2 is 1.69 bits per heavy atom. The summed E-state index contributed by atoms with van der Waals surface area (Å²) in [6, 6.07) is 15.8. The molecule has 1 aliphatic heterocycles. The number of hydrogen-bond donors (Lipinski definition) is 1. The molecule has 0 bridgehead atoms. The minimum absolute atomic E-state index is 0.0632. The van der Waals surface area contributed by atoms with Crippen molar-refractivity contribution in [3.8, 4) is 11.1 Å². The van der Waals surface area contributed by atoms with Crippen molar-refractivity contribution in [2.45, 2.75) is 17.4 Å². The van der Waals surface area contributed by atoms with Crippen LogP contribution in [0, 0.1) is 5.82 Å². The van der Waals surface area contributed by atoms with Crippen molar-refractivity contribution >= 4 is 15.8 Å². The van der Waals surface area contributed by atoms with Gasteiger partial charge in [-0.15, -0.1) is 0 Å². The molecule has 1 aromatic heterocycles. The van der Waals surface area contributed by atoms with Gasteiger partial charge in [0.2, 0.25) is 10.0 Å². The third-order valence-electron chi connectivity index (χ3n) is 5.05. The van der Waals surface area contributed by atoms with Gasteiger partial charge in [0.15, 0.2) is 11.6 Å². The van der Waals surface area contributed by atoms with Crippen LogP contribution < -0.4 is 11.4 Å². The van der Waals surface area contributed by atoms with Crippen molar-refractivity contribution < 1.29 is 12.8 Å². The van der Waals surface area contributed by atoms with Gasteiger partial charge in [-0.3, -0.25) is 4.57 Å². The second-order valence-corrected chi connectivity index (χ2v) is 8.80. The SMILES string of the molecule is Nc1nc(=O)n([C@H]2CCN(S(=O)(=O)c3ccc(-c4ccccc4)cc3)C2)cc1F. The number of benzene rings is 2. The van der Waals surface area contributed by atoms with Gasteiger partial charge in [0.25, 0.3) is 0 Å². The van der Waals surface area contributed by atoms with Gasteiger partial charge in [-0.2, -0.15) is 9.29 Å². The average Bonchev–Trinajstić information content (AvgIpc) is 3.22. The number of nitrogens with two attached hydrogens (primary N) is 1. The van der Waals surface area contributed by atoms with Gasteiger partial charge < -0.3 is 5.73 Å². The Labute approximate surface area is 167 Å². The number of nitrogen functional groups attached to an aromatic ring is 1. The van der Waals surface area contributed by atoms with E-state index in [0.717, 1.165) is 21.9 Å². The molecule has 4 rings (SSSR count). The molecule has 7 nitrogen and oxygen atoms in total. The fourth-order valence-electron chi connectivity index (χ4n) is 3.47. The minimum atomic E-state index is -3.73. The number of nitrogens with zero attached hydrogens (tertiary/aromatic N) is 3. The monoisotopic (exact) mass is 414 g/mol. The zero-order valence-electron chi connectivity index (χ0n) is 15.4. The van der Waals surface area contributed by atoms with E-state index in [1.54, 1.807) is 24.3 Å². The zero-order chi connectivity index (χ0) is 20.6. The highest BCUT2D eigenvalue weighted by molar-refractivity contribution is 7.89. The topological polar surface area (TPSA) is 98.3 Å². The fourth-order valence-corrected chi connectivity index (χ4v) is 4.97. The average molecular weight is 414 g/mol. The standard InChI is InChI=1S/C20H19FN4O3S/c21-18-13-25(20(26)23-19(18)22)16-10-11-24(12-16)29(27,28)17-8-6-15(7-9-17)14-4-2-1-3-5-14/h1-9,13,16H,10-12H2,(H2,22,23,26)/t16-/m0/s1. The van der Waals surface area contributed by atoms with E-state index >= 15 is 0 Å². The van der Waals surface area contributed by atoms with Crippen molar-refractivity contribution in [1.29, 1.82) is 0 Å². The molecular weight excluding hydrogens is 395 g/mol. The number of halogens is 1. The lowest BCUT2D eigenvalue weighted by atomic mass is 10.1. The van der Waals surface area contributed by atoms with Crippen LogP contribution in [0.4, 0.5) is 10.2 Å². The van der Waals surface area contributed by atoms with Crippen molar-refractivity contribution in [2.24, 2.45) is 0 Å². The summed E-state index contributed by atoms with van der Waals surface area (Å²) in [5.74, 6) is -1.27. The third-order valence-corrected chi connectivity index (χ3v) is 6.93. The van der Waals surface area contributed by atoms with Crippen molar-refractivity contribution in [3.05, 3.63) is 77.1 Å². The van der Waals surface area contributed by atoms with Gasteiger partial charge >= 0.3 is 5.69 Å². The Morgan fingerprint density at radius 3 is 2.38 bits per heavy atom. The predicted octanol–water partition coefficient (Wildman–Crippen LogP) is 2.27. The van der Waals surface area contributed by atoms with Crippen LogP contribution in [0.25, 0.3) is 11.1 Å². The summed E-state index contributed by atoms with van der Waals surface area (Å²) in [4.78, 5) is 15.6. The van der Waals surface area contributed by atoms with Crippen LogP contribution in [0.2, 0.25) is 0 Å². The van der Waals surface area contributed by atoms with Crippen LogP contribution >= 0.6 is 0 Å². The molecule has 0 spiro atoms. The minimum Gasteiger partial charge on any atom is -0.381 e. The highest BCUT2D eigenvalue weighted by Crippen LogP contribution is 2.28. The summed E-state index contributed by atoms with van der Waals surface area (Å²) >= 11 is 0. The number of hydrogen-bond acceptors (Lipinski definition) is 5. The Morgan fingerprint density at radius 1 is 1.03 bits per heavy atom. The second-order valence-electron chi connectivity index (χ2n) is 6.86. The van der Waals surface area contributed by atoms with E-state index < -0.39 is 33.4 Å². The summed E-state index contributed by atoms with van der Waals surface area (Å²) in [6.07, 6.45) is 1.37. The molecule has 1 saturated heterocycles. The Balaban J connectivity index is 1.56. The molecule has 0 radical (unpaired) electrons. The Hall–Kier alpha value is -3.04. The molecule has 2 heterocycles. The molecule has 29 heavy (non-hydrogen) atoms. The first kappa shape index (κ1) is 19.3. The summed E-state index contributed by atoms with van der Waals surface area (Å²) in [7, 11) is -3.73. The molecule has 0 aliphatic carbocycles. The van der Waals surface area contributed by atoms with E-state index in [0.29, 0.717) is 6.42 Å². The molecule has 0 saturated carbocycles. The van der Waals surface area contributed by atoms with Crippen molar-refractivity contribution in [3.63, 3.8) is 0 Å². The predicted molar refractivity (Wildman–Crippen MR) is 107 cm³/mol. The quantitative estimate of drug-likeness (QED) is 0.706. The smallest absolute Gasteiger partial charge is 0.349 e. The molecule has 0 unspecified atom stereocenters. The number of anilines is 1. The maximum Gasteiger partial charge on any atom is 0.349 e. The van der Waals surface area contributed by atoms with Crippen LogP contribution in [-0.4, -0.2) is 35.4 Å². The van der Waals surface area contributed by atoms with E-state index in [2.05, 4.69) is 4.98 Å². The van der Waals surface area contributed by atoms with Crippen LogP contribution in [0.15, 0.2) is 70.5 Å². The van der Waals surface area contributed by atoms with Gasteiger partial charge in [0.1, 0.15) is 0 Å². The van der Waals surface area contributed by atoms with Gasteiger partial charge in [-0.1, -0.05) is 42.5 Å². The molecule has 150 valence electrons. The van der Waals surface area contributed by atoms with Crippen molar-refractivity contribution in [2.75, 3.05) is 18.8 Å². The molecule has 1 atom stereocenters. The van der Waals surface area contributed by atoms with E-state index in [9.17, 15) is 17.6 Å². The molecule has 1 fully saturated rings. The largest absolute Gasteiger partial charge is 0.381 e. The van der Waals surface area contributed by atoms with Crippen molar-refractivity contribution in [1.82, 2.24) is 13.9 Å². The molecule has 2 N–H and O–H groups in total. The maximum absolute atomic E-state index is 13.7. The van der Waals surface area contributed by atoms with E-state index in [1.165, 1.54) is 4.31 Å². The van der Waals surface area contributed by atoms with E-state index in [4.69, 9.17) is 5.73 Å². The third kappa shape index (κ3) is 3.66. The first-order chi connectivity index (χ1) is 13.9. The summed E-state index contributed by atoms with van der Waals surface area (Å²) in [6.45, 7) is 0.291. The van der Waals surface area contributed by atoms with Crippen LogP contribution in [-0.2, 0) is 10.0 Å². The van der Waals surface area contributed by atoms with Crippen LogP contribution in [0.3, 0.4) is 0 Å². The highest BCUT2D eigenvalue weighted by atomic mass is 32.2. The summed E-state index contributed by atoms with van der Waals surface area (Å²) < 4.78 is 42.1. The van der Waals surface area contributed by atoms with Gasteiger partial charge in [0.05, 0.1) is 10.9 Å². The van der Waals surface area contributed by atoms with E-state index in [1.807, 2.05) is 30.3 Å². The lowest BCUT2D eigenvalue weighted by molar-refractivity contribution is 0.439. The Kier molecular flexibility index (Phi) is 4.93. The molecule has 2 aromatic carbocycles. The number of rotatable bonds is 4. The lowest BCUT2D eigenvalue weighted by Gasteiger charge is -2.18. The molecule has 3 aromatic rings. The zero-order valence-corrected chi connectivity index (χ0v) is 16.2. The van der Waals surface area contributed by atoms with E-state index in [-0.39, 0.29) is 18.0 Å². The molecule has 0 amide bonds.